The highest BCUT2D eigenvalue weighted by molar-refractivity contribution is 6.07. The first-order valence-electron chi connectivity index (χ1n) is 6.71. The summed E-state index contributed by atoms with van der Waals surface area (Å²) >= 11 is 0. The van der Waals surface area contributed by atoms with Crippen LogP contribution in [0.1, 0.15) is 15.9 Å². The van der Waals surface area contributed by atoms with E-state index in [0.29, 0.717) is 11.1 Å². The quantitative estimate of drug-likeness (QED) is 0.366. The van der Waals surface area contributed by atoms with Crippen molar-refractivity contribution in [2.45, 2.75) is 0 Å². The smallest absolute Gasteiger partial charge is 0.270 e. The average molecular weight is 296 g/mol. The number of allylic oxidation sites excluding steroid dienone is 1. The molecular formula is C17H16N2O3. The van der Waals surface area contributed by atoms with Crippen molar-refractivity contribution in [1.82, 2.24) is 0 Å². The normalized spacial score (nSPS) is 10.6. The molecule has 0 fully saturated rings. The van der Waals surface area contributed by atoms with Gasteiger partial charge in [-0.25, -0.2) is 0 Å². The zero-order chi connectivity index (χ0) is 16.1. The van der Waals surface area contributed by atoms with Crippen LogP contribution in [0, 0.1) is 10.1 Å². The monoisotopic (exact) mass is 296 g/mol. The first-order valence-corrected chi connectivity index (χ1v) is 6.71. The van der Waals surface area contributed by atoms with Crippen LogP contribution in [-0.2, 0) is 0 Å². The van der Waals surface area contributed by atoms with Gasteiger partial charge in [-0.05, 0) is 35.9 Å². The number of carbonyl (C=O) groups is 1. The molecule has 0 amide bonds. The molecule has 5 nitrogen and oxygen atoms in total. The van der Waals surface area contributed by atoms with Crippen LogP contribution in [0.5, 0.6) is 0 Å². The van der Waals surface area contributed by atoms with Gasteiger partial charge in [-0.2, -0.15) is 0 Å². The van der Waals surface area contributed by atoms with Crippen LogP contribution in [0.25, 0.3) is 6.08 Å². The Morgan fingerprint density at radius 2 is 1.82 bits per heavy atom. The fourth-order valence-corrected chi connectivity index (χ4v) is 1.93. The Hall–Kier alpha value is -2.95. The second-order valence-corrected chi connectivity index (χ2v) is 4.99. The third kappa shape index (κ3) is 3.79. The highest BCUT2D eigenvalue weighted by Gasteiger charge is 2.05. The number of anilines is 1. The van der Waals surface area contributed by atoms with Gasteiger partial charge in [-0.3, -0.25) is 14.9 Å². The number of nitro groups is 1. The van der Waals surface area contributed by atoms with E-state index in [-0.39, 0.29) is 11.5 Å². The molecule has 5 heteroatoms. The van der Waals surface area contributed by atoms with Gasteiger partial charge in [0.05, 0.1) is 4.92 Å². The van der Waals surface area contributed by atoms with E-state index in [1.165, 1.54) is 18.2 Å². The number of nitrogens with zero attached hydrogens (tertiary/aromatic N) is 2. The van der Waals surface area contributed by atoms with Crippen molar-refractivity contribution in [1.29, 1.82) is 0 Å². The molecule has 0 aliphatic rings. The number of nitro benzene ring substituents is 1. The first-order chi connectivity index (χ1) is 10.5. The second-order valence-electron chi connectivity index (χ2n) is 4.99. The molecule has 2 aromatic carbocycles. The Morgan fingerprint density at radius 3 is 2.41 bits per heavy atom. The van der Waals surface area contributed by atoms with Crippen molar-refractivity contribution >= 4 is 23.2 Å². The van der Waals surface area contributed by atoms with Crippen LogP contribution in [0.15, 0.2) is 54.6 Å². The van der Waals surface area contributed by atoms with Gasteiger partial charge in [0, 0.05) is 37.5 Å². The standard InChI is InChI=1S/C17H16N2O3/c1-18(2)15-9-7-14(8-10-15)17(20)11-6-13-4-3-5-16(12-13)19(21)22/h3-12H,1-2H3. The van der Waals surface area contributed by atoms with Crippen LogP contribution in [-0.4, -0.2) is 24.8 Å². The van der Waals surface area contributed by atoms with E-state index in [0.717, 1.165) is 5.69 Å². The molecule has 0 aliphatic heterocycles. The summed E-state index contributed by atoms with van der Waals surface area (Å²) in [6, 6.07) is 13.4. The van der Waals surface area contributed by atoms with E-state index >= 15 is 0 Å². The summed E-state index contributed by atoms with van der Waals surface area (Å²) in [7, 11) is 3.86. The van der Waals surface area contributed by atoms with Crippen molar-refractivity contribution in [3.63, 3.8) is 0 Å². The van der Waals surface area contributed by atoms with Crippen molar-refractivity contribution in [3.05, 3.63) is 75.8 Å². The summed E-state index contributed by atoms with van der Waals surface area (Å²) in [5.41, 5.74) is 2.21. The lowest BCUT2D eigenvalue weighted by Gasteiger charge is -2.11. The number of benzene rings is 2. The van der Waals surface area contributed by atoms with Gasteiger partial charge in [0.15, 0.2) is 5.78 Å². The maximum Gasteiger partial charge on any atom is 0.270 e. The number of rotatable bonds is 5. The van der Waals surface area contributed by atoms with E-state index in [4.69, 9.17) is 0 Å². The lowest BCUT2D eigenvalue weighted by atomic mass is 10.1. The maximum atomic E-state index is 12.1. The Balaban J connectivity index is 2.14. The number of carbonyl (C=O) groups excluding carboxylic acids is 1. The first kappa shape index (κ1) is 15.4. The summed E-state index contributed by atoms with van der Waals surface area (Å²) in [6.07, 6.45) is 3.00. The van der Waals surface area contributed by atoms with Crippen LogP contribution in [0.4, 0.5) is 11.4 Å². The molecule has 112 valence electrons. The van der Waals surface area contributed by atoms with Crippen molar-refractivity contribution < 1.29 is 9.72 Å². The van der Waals surface area contributed by atoms with Gasteiger partial charge in [0.1, 0.15) is 0 Å². The van der Waals surface area contributed by atoms with Crippen molar-refractivity contribution in [3.8, 4) is 0 Å². The van der Waals surface area contributed by atoms with Gasteiger partial charge < -0.3 is 4.90 Å². The number of non-ortho nitro benzene ring substituents is 1. The minimum Gasteiger partial charge on any atom is -0.378 e. The molecule has 0 saturated heterocycles. The zero-order valence-electron chi connectivity index (χ0n) is 12.4. The molecule has 0 unspecified atom stereocenters. The SMILES string of the molecule is CN(C)c1ccc(C(=O)C=Cc2cccc([N+](=O)[O-])c2)cc1. The molecule has 2 rings (SSSR count). The summed E-state index contributed by atoms with van der Waals surface area (Å²) in [5.74, 6) is -0.142. The van der Waals surface area contributed by atoms with E-state index < -0.39 is 4.92 Å². The number of ketones is 1. The van der Waals surface area contributed by atoms with E-state index in [2.05, 4.69) is 0 Å². The molecule has 0 atom stereocenters. The predicted octanol–water partition coefficient (Wildman–Crippen LogP) is 3.56. The lowest BCUT2D eigenvalue weighted by Crippen LogP contribution is -2.08. The molecular weight excluding hydrogens is 280 g/mol. The maximum absolute atomic E-state index is 12.1. The Bertz CT molecular complexity index is 719. The molecule has 0 N–H and O–H groups in total. The molecule has 0 radical (unpaired) electrons. The zero-order valence-corrected chi connectivity index (χ0v) is 12.4. The van der Waals surface area contributed by atoms with Crippen LogP contribution >= 0.6 is 0 Å². The molecule has 22 heavy (non-hydrogen) atoms. The molecule has 0 spiro atoms. The van der Waals surface area contributed by atoms with E-state index in [1.54, 1.807) is 30.3 Å². The highest BCUT2D eigenvalue weighted by Crippen LogP contribution is 2.16. The topological polar surface area (TPSA) is 63.5 Å². The average Bonchev–Trinajstić information content (AvgIpc) is 2.53. The second kappa shape index (κ2) is 6.67. The minimum absolute atomic E-state index is 0.00457. The van der Waals surface area contributed by atoms with Gasteiger partial charge in [0.25, 0.3) is 5.69 Å². The Labute approximate surface area is 128 Å². The highest BCUT2D eigenvalue weighted by atomic mass is 16.6. The predicted molar refractivity (Wildman–Crippen MR) is 87.2 cm³/mol. The third-order valence-corrected chi connectivity index (χ3v) is 3.18. The molecule has 0 saturated carbocycles. The Morgan fingerprint density at radius 1 is 1.14 bits per heavy atom. The largest absolute Gasteiger partial charge is 0.378 e. The van der Waals surface area contributed by atoms with E-state index in [9.17, 15) is 14.9 Å². The van der Waals surface area contributed by atoms with Crippen molar-refractivity contribution in [2.75, 3.05) is 19.0 Å². The molecule has 0 aromatic heterocycles. The summed E-state index contributed by atoms with van der Waals surface area (Å²) in [5, 5.41) is 10.7. The van der Waals surface area contributed by atoms with E-state index in [1.807, 2.05) is 31.1 Å². The van der Waals surface area contributed by atoms with Gasteiger partial charge in [-0.1, -0.05) is 18.2 Å². The van der Waals surface area contributed by atoms with Gasteiger partial charge >= 0.3 is 0 Å². The molecule has 2 aromatic rings. The van der Waals surface area contributed by atoms with Gasteiger partial charge in [0.2, 0.25) is 0 Å². The third-order valence-electron chi connectivity index (χ3n) is 3.18. The molecule has 0 heterocycles. The fourth-order valence-electron chi connectivity index (χ4n) is 1.93. The van der Waals surface area contributed by atoms with Crippen LogP contribution < -0.4 is 4.90 Å². The minimum atomic E-state index is -0.459. The molecule has 0 aliphatic carbocycles. The lowest BCUT2D eigenvalue weighted by molar-refractivity contribution is -0.384. The van der Waals surface area contributed by atoms with Crippen LogP contribution in [0.2, 0.25) is 0 Å². The fraction of sp³-hybridized carbons (Fsp3) is 0.118. The summed E-state index contributed by atoms with van der Waals surface area (Å²) in [6.45, 7) is 0. The van der Waals surface area contributed by atoms with Gasteiger partial charge in [-0.15, -0.1) is 0 Å². The Kier molecular flexibility index (Phi) is 4.68. The van der Waals surface area contributed by atoms with Crippen molar-refractivity contribution in [2.24, 2.45) is 0 Å². The summed E-state index contributed by atoms with van der Waals surface area (Å²) in [4.78, 5) is 24.3. The number of hydrogen-bond acceptors (Lipinski definition) is 4. The van der Waals surface area contributed by atoms with Crippen LogP contribution in [0.3, 0.4) is 0 Å². The molecule has 0 bridgehead atoms. The summed E-state index contributed by atoms with van der Waals surface area (Å²) < 4.78 is 0. The number of hydrogen-bond donors (Lipinski definition) is 0.